The number of nitrogens with zero attached hydrogens (tertiary/aromatic N) is 9. The van der Waals surface area contributed by atoms with Gasteiger partial charge in [-0.15, -0.1) is 10.2 Å². The smallest absolute Gasteiger partial charge is 0.410 e. The molecule has 11 nitrogen and oxygen atoms in total. The molecule has 0 unspecified atom stereocenters. The van der Waals surface area contributed by atoms with Crippen molar-refractivity contribution in [3.05, 3.63) is 42.1 Å². The molecule has 5 rings (SSSR count). The van der Waals surface area contributed by atoms with Gasteiger partial charge >= 0.3 is 6.09 Å². The van der Waals surface area contributed by atoms with Crippen LogP contribution in [-0.4, -0.2) is 69.2 Å². The Kier molecular flexibility index (Phi) is 6.10. The van der Waals surface area contributed by atoms with Crippen LogP contribution in [0, 0.1) is 11.7 Å². The summed E-state index contributed by atoms with van der Waals surface area (Å²) in [5.41, 5.74) is 1.87. The second-order valence-electron chi connectivity index (χ2n) is 10.0. The molecule has 188 valence electrons. The maximum atomic E-state index is 14.0. The molecule has 5 heterocycles. The number of fused-ring (bicyclic) bond motifs is 1. The Morgan fingerprint density at radius 3 is 2.81 bits per heavy atom. The quantitative estimate of drug-likeness (QED) is 0.425. The summed E-state index contributed by atoms with van der Waals surface area (Å²) >= 11 is 0. The number of amides is 1. The molecule has 1 amide bonds. The Morgan fingerprint density at radius 2 is 2.06 bits per heavy atom. The summed E-state index contributed by atoms with van der Waals surface area (Å²) in [6, 6.07) is 4.80. The molecule has 4 aromatic rings. The number of imidazole rings is 1. The largest absolute Gasteiger partial charge is 0.444 e. The molecule has 0 N–H and O–H groups in total. The molecule has 0 saturated carbocycles. The van der Waals surface area contributed by atoms with E-state index in [2.05, 4.69) is 25.4 Å². The number of piperidine rings is 1. The number of hydrogen-bond acceptors (Lipinski definition) is 8. The highest BCUT2D eigenvalue weighted by Gasteiger charge is 2.28. The number of tetrazole rings is 1. The average molecular weight is 494 g/mol. The van der Waals surface area contributed by atoms with Gasteiger partial charge in [-0.25, -0.2) is 24.1 Å². The van der Waals surface area contributed by atoms with Crippen LogP contribution in [0.25, 0.3) is 28.7 Å². The normalized spacial score (nSPS) is 16.5. The second kappa shape index (κ2) is 9.25. The summed E-state index contributed by atoms with van der Waals surface area (Å²) in [6.45, 7) is 6.84. The number of ether oxygens (including phenoxy) is 1. The summed E-state index contributed by atoms with van der Waals surface area (Å²) in [5, 5.41) is 12.3. The van der Waals surface area contributed by atoms with Crippen molar-refractivity contribution in [3.8, 4) is 23.0 Å². The minimum atomic E-state index is -0.544. The van der Waals surface area contributed by atoms with Gasteiger partial charge in [0, 0.05) is 25.0 Å². The van der Waals surface area contributed by atoms with E-state index in [1.165, 1.54) is 17.1 Å². The first-order valence-corrected chi connectivity index (χ1v) is 11.9. The van der Waals surface area contributed by atoms with Gasteiger partial charge in [-0.3, -0.25) is 4.40 Å². The maximum absolute atomic E-state index is 14.0. The molecule has 12 heteroatoms. The lowest BCUT2D eigenvalue weighted by atomic mass is 9.93. The molecule has 0 bridgehead atoms. The number of aromatic nitrogens is 8. The van der Waals surface area contributed by atoms with E-state index in [9.17, 15) is 9.18 Å². The molecular weight excluding hydrogens is 465 g/mol. The standard InChI is InChI=1S/C24H28FN9O2/c1-24(2,3)36-23(35)33-9-5-6-15(13-33)10-17-11-18(21-29-31-32(4)30-21)28-22(27-17)19-12-26-20-8-7-16(25)14-34(19)20/h7-8,11-12,14-15H,5-6,9-10,13H2,1-4H3/t15-/m0/s1. The van der Waals surface area contributed by atoms with E-state index in [-0.39, 0.29) is 12.0 Å². The van der Waals surface area contributed by atoms with E-state index >= 15 is 0 Å². The molecule has 0 spiro atoms. The van der Waals surface area contributed by atoms with Gasteiger partial charge in [0.2, 0.25) is 5.82 Å². The average Bonchev–Trinajstić information content (AvgIpc) is 3.44. The van der Waals surface area contributed by atoms with Gasteiger partial charge in [-0.1, -0.05) is 0 Å². The van der Waals surface area contributed by atoms with Crippen LogP contribution in [0.4, 0.5) is 9.18 Å². The number of aryl methyl sites for hydroxylation is 1. The Labute approximate surface area is 207 Å². The first kappa shape index (κ1) is 23.8. The minimum Gasteiger partial charge on any atom is -0.444 e. The van der Waals surface area contributed by atoms with Crippen molar-refractivity contribution < 1.29 is 13.9 Å². The van der Waals surface area contributed by atoms with E-state index in [0.717, 1.165) is 18.5 Å². The molecule has 0 aliphatic carbocycles. The van der Waals surface area contributed by atoms with E-state index < -0.39 is 11.4 Å². The SMILES string of the molecule is Cn1nnc(-c2cc(C[C@@H]3CCCN(C(=O)OC(C)(C)C)C3)nc(-c3cnc4ccc(F)cn34)n2)n1. The van der Waals surface area contributed by atoms with Gasteiger partial charge in [-0.2, -0.15) is 4.80 Å². The monoisotopic (exact) mass is 493 g/mol. The third-order valence-electron chi connectivity index (χ3n) is 5.88. The third-order valence-corrected chi connectivity index (χ3v) is 5.88. The van der Waals surface area contributed by atoms with Crippen molar-refractivity contribution in [3.63, 3.8) is 0 Å². The summed E-state index contributed by atoms with van der Waals surface area (Å²) in [4.78, 5) is 29.6. The van der Waals surface area contributed by atoms with Crippen molar-refractivity contribution in [2.24, 2.45) is 13.0 Å². The molecule has 0 aromatic carbocycles. The number of carbonyl (C=O) groups is 1. The summed E-state index contributed by atoms with van der Waals surface area (Å²) < 4.78 is 21.2. The zero-order valence-electron chi connectivity index (χ0n) is 20.7. The van der Waals surface area contributed by atoms with E-state index in [1.54, 1.807) is 28.6 Å². The first-order chi connectivity index (χ1) is 17.1. The van der Waals surface area contributed by atoms with E-state index in [0.29, 0.717) is 48.2 Å². The second-order valence-corrected chi connectivity index (χ2v) is 10.0. The summed E-state index contributed by atoms with van der Waals surface area (Å²) in [6.07, 6.45) is 5.13. The number of likely N-dealkylation sites (tertiary alicyclic amines) is 1. The predicted molar refractivity (Wildman–Crippen MR) is 128 cm³/mol. The molecule has 0 radical (unpaired) electrons. The van der Waals surface area contributed by atoms with Gasteiger partial charge in [-0.05, 0) is 69.4 Å². The van der Waals surface area contributed by atoms with Crippen LogP contribution in [0.2, 0.25) is 0 Å². The molecule has 1 fully saturated rings. The van der Waals surface area contributed by atoms with Crippen LogP contribution in [0.1, 0.15) is 39.3 Å². The Morgan fingerprint density at radius 1 is 1.22 bits per heavy atom. The highest BCUT2D eigenvalue weighted by atomic mass is 19.1. The van der Waals surface area contributed by atoms with Crippen molar-refractivity contribution in [2.45, 2.75) is 45.6 Å². The van der Waals surface area contributed by atoms with Gasteiger partial charge < -0.3 is 9.64 Å². The first-order valence-electron chi connectivity index (χ1n) is 11.9. The number of halogens is 1. The number of pyridine rings is 1. The Hall–Kier alpha value is -3.96. The zero-order chi connectivity index (χ0) is 25.4. The van der Waals surface area contributed by atoms with Crippen LogP contribution in [0.15, 0.2) is 30.6 Å². The molecular formula is C24H28FN9O2. The number of rotatable bonds is 4. The predicted octanol–water partition coefficient (Wildman–Crippen LogP) is 3.31. The highest BCUT2D eigenvalue weighted by molar-refractivity contribution is 5.68. The van der Waals surface area contributed by atoms with Crippen LogP contribution in [0.3, 0.4) is 0 Å². The number of carbonyl (C=O) groups excluding carboxylic acids is 1. The Bertz CT molecular complexity index is 1410. The summed E-state index contributed by atoms with van der Waals surface area (Å²) in [7, 11) is 1.68. The van der Waals surface area contributed by atoms with Crippen LogP contribution < -0.4 is 0 Å². The lowest BCUT2D eigenvalue weighted by Crippen LogP contribution is -2.43. The molecule has 1 aliphatic rings. The van der Waals surface area contributed by atoms with Crippen molar-refractivity contribution in [1.29, 1.82) is 0 Å². The third kappa shape index (κ3) is 5.16. The van der Waals surface area contributed by atoms with Crippen molar-refractivity contribution in [2.75, 3.05) is 13.1 Å². The highest BCUT2D eigenvalue weighted by Crippen LogP contribution is 2.26. The van der Waals surface area contributed by atoms with Gasteiger partial charge in [0.15, 0.2) is 5.82 Å². The van der Waals surface area contributed by atoms with Crippen molar-refractivity contribution in [1.82, 2.24) is 44.5 Å². The minimum absolute atomic E-state index is 0.191. The molecule has 4 aromatic heterocycles. The van der Waals surface area contributed by atoms with Crippen LogP contribution in [0.5, 0.6) is 0 Å². The van der Waals surface area contributed by atoms with E-state index in [1.807, 2.05) is 26.8 Å². The molecule has 1 aliphatic heterocycles. The van der Waals surface area contributed by atoms with Gasteiger partial charge in [0.1, 0.15) is 28.5 Å². The fraction of sp³-hybridized carbons (Fsp3) is 0.458. The molecule has 36 heavy (non-hydrogen) atoms. The van der Waals surface area contributed by atoms with Crippen LogP contribution in [-0.2, 0) is 18.2 Å². The summed E-state index contributed by atoms with van der Waals surface area (Å²) in [5.74, 6) is 0.545. The van der Waals surface area contributed by atoms with E-state index in [4.69, 9.17) is 9.72 Å². The van der Waals surface area contributed by atoms with Gasteiger partial charge in [0.05, 0.1) is 13.2 Å². The molecule has 1 atom stereocenters. The number of hydrogen-bond donors (Lipinski definition) is 0. The van der Waals surface area contributed by atoms with Crippen LogP contribution >= 0.6 is 0 Å². The molecule has 1 saturated heterocycles. The maximum Gasteiger partial charge on any atom is 0.410 e. The lowest BCUT2D eigenvalue weighted by Gasteiger charge is -2.34. The fourth-order valence-electron chi connectivity index (χ4n) is 4.36. The Balaban J connectivity index is 1.47. The fourth-order valence-corrected chi connectivity index (χ4v) is 4.36. The van der Waals surface area contributed by atoms with Gasteiger partial charge in [0.25, 0.3) is 0 Å². The zero-order valence-corrected chi connectivity index (χ0v) is 20.7. The lowest BCUT2D eigenvalue weighted by molar-refractivity contribution is 0.0165. The topological polar surface area (TPSA) is 116 Å². The van der Waals surface area contributed by atoms with Crippen molar-refractivity contribution >= 4 is 11.7 Å².